The molecule has 2 aliphatic rings. The van der Waals surface area contributed by atoms with Crippen molar-refractivity contribution in [3.05, 3.63) is 52.6 Å². The first-order valence-corrected chi connectivity index (χ1v) is 11.5. The highest BCUT2D eigenvalue weighted by Gasteiger charge is 2.28. The molecular formula is C24H31FN4O2. The fourth-order valence-electron chi connectivity index (χ4n) is 4.66. The van der Waals surface area contributed by atoms with Crippen molar-refractivity contribution in [2.24, 2.45) is 5.92 Å². The van der Waals surface area contributed by atoms with Crippen molar-refractivity contribution >= 4 is 11.7 Å². The molecule has 1 aliphatic carbocycles. The van der Waals surface area contributed by atoms with Crippen LogP contribution >= 0.6 is 0 Å². The van der Waals surface area contributed by atoms with E-state index in [2.05, 4.69) is 15.3 Å². The van der Waals surface area contributed by atoms with Crippen LogP contribution in [0.2, 0.25) is 0 Å². The molecule has 0 bridgehead atoms. The number of halogens is 1. The maximum Gasteiger partial charge on any atom is 0.271 e. The van der Waals surface area contributed by atoms with Crippen LogP contribution in [0.1, 0.15) is 57.8 Å². The van der Waals surface area contributed by atoms with Gasteiger partial charge in [-0.1, -0.05) is 32.1 Å². The maximum atomic E-state index is 13.2. The third kappa shape index (κ3) is 5.51. The average Bonchev–Trinajstić information content (AvgIpc) is 2.76. The number of aromatic nitrogens is 2. The van der Waals surface area contributed by atoms with Crippen molar-refractivity contribution < 1.29 is 9.18 Å². The first-order valence-electron chi connectivity index (χ1n) is 11.5. The maximum absolute atomic E-state index is 13.2. The first kappa shape index (κ1) is 21.5. The number of rotatable bonds is 4. The molecule has 1 amide bonds. The summed E-state index contributed by atoms with van der Waals surface area (Å²) in [5.41, 5.74) is 0.245. The second kappa shape index (κ2) is 10.1. The molecule has 166 valence electrons. The van der Waals surface area contributed by atoms with Crippen LogP contribution in [0.15, 0.2) is 41.2 Å². The molecule has 2 aromatic rings. The summed E-state index contributed by atoms with van der Waals surface area (Å²) in [4.78, 5) is 27.4. The Balaban J connectivity index is 1.44. The Hall–Kier alpha value is -2.70. The summed E-state index contributed by atoms with van der Waals surface area (Å²) in [6.45, 7) is 1.38. The summed E-state index contributed by atoms with van der Waals surface area (Å²) < 4.78 is 14.5. The lowest BCUT2D eigenvalue weighted by Gasteiger charge is -2.34. The fraction of sp³-hybridized carbons (Fsp3) is 0.542. The van der Waals surface area contributed by atoms with Gasteiger partial charge in [0, 0.05) is 25.2 Å². The lowest BCUT2D eigenvalue weighted by atomic mass is 9.94. The van der Waals surface area contributed by atoms with Crippen LogP contribution in [-0.4, -0.2) is 34.8 Å². The van der Waals surface area contributed by atoms with Crippen LogP contribution in [0, 0.1) is 11.7 Å². The molecule has 7 heteroatoms. The van der Waals surface area contributed by atoms with Crippen LogP contribution < -0.4 is 15.8 Å². The summed E-state index contributed by atoms with van der Waals surface area (Å²) in [7, 11) is 0. The minimum atomic E-state index is -0.359. The quantitative estimate of drug-likeness (QED) is 0.807. The molecule has 1 aromatic heterocycles. The van der Waals surface area contributed by atoms with E-state index in [-0.39, 0.29) is 23.2 Å². The molecule has 1 unspecified atom stereocenters. The fourth-order valence-corrected chi connectivity index (χ4v) is 4.66. The number of hydrogen-bond acceptors (Lipinski definition) is 4. The molecule has 0 spiro atoms. The third-order valence-corrected chi connectivity index (χ3v) is 6.43. The number of piperidine rings is 1. The number of nitrogens with one attached hydrogen (secondary N) is 1. The van der Waals surface area contributed by atoms with E-state index in [0.717, 1.165) is 32.2 Å². The Morgan fingerprint density at radius 1 is 0.935 bits per heavy atom. The molecule has 1 N–H and O–H groups in total. The Bertz CT molecular complexity index is 935. The van der Waals surface area contributed by atoms with Crippen molar-refractivity contribution in [1.82, 2.24) is 15.1 Å². The van der Waals surface area contributed by atoms with Crippen molar-refractivity contribution in [3.8, 4) is 5.69 Å². The Kier molecular flexibility index (Phi) is 6.99. The first-order chi connectivity index (χ1) is 15.1. The van der Waals surface area contributed by atoms with Crippen LogP contribution in [-0.2, 0) is 4.79 Å². The summed E-state index contributed by atoms with van der Waals surface area (Å²) in [6.07, 6.45) is 10.1. The van der Waals surface area contributed by atoms with Crippen molar-refractivity contribution in [3.63, 3.8) is 0 Å². The lowest BCUT2D eigenvalue weighted by molar-refractivity contribution is -0.126. The van der Waals surface area contributed by atoms with Crippen LogP contribution in [0.25, 0.3) is 5.69 Å². The Morgan fingerprint density at radius 2 is 1.65 bits per heavy atom. The van der Waals surface area contributed by atoms with E-state index in [0.29, 0.717) is 24.1 Å². The van der Waals surface area contributed by atoms with Crippen LogP contribution in [0.3, 0.4) is 0 Å². The second-order valence-electron chi connectivity index (χ2n) is 8.75. The summed E-state index contributed by atoms with van der Waals surface area (Å²) in [5.74, 6) is 0.365. The molecule has 0 radical (unpaired) electrons. The van der Waals surface area contributed by atoms with Gasteiger partial charge >= 0.3 is 0 Å². The number of anilines is 1. The molecule has 2 fully saturated rings. The number of hydrogen-bond donors (Lipinski definition) is 1. The van der Waals surface area contributed by atoms with E-state index in [1.165, 1.54) is 67.1 Å². The topological polar surface area (TPSA) is 67.2 Å². The summed E-state index contributed by atoms with van der Waals surface area (Å²) in [5, 5.41) is 7.81. The van der Waals surface area contributed by atoms with Gasteiger partial charge in [0.2, 0.25) is 5.91 Å². The van der Waals surface area contributed by atoms with Crippen molar-refractivity contribution in [2.75, 3.05) is 18.0 Å². The van der Waals surface area contributed by atoms with Gasteiger partial charge in [-0.15, -0.1) is 5.10 Å². The van der Waals surface area contributed by atoms with E-state index in [9.17, 15) is 14.0 Å². The molecule has 2 heterocycles. The monoisotopic (exact) mass is 426 g/mol. The molecule has 1 aliphatic heterocycles. The molecule has 31 heavy (non-hydrogen) atoms. The average molecular weight is 427 g/mol. The highest BCUT2D eigenvalue weighted by Crippen LogP contribution is 2.23. The van der Waals surface area contributed by atoms with Gasteiger partial charge in [0.05, 0.1) is 11.6 Å². The smallest absolute Gasteiger partial charge is 0.271 e. The number of amides is 1. The summed E-state index contributed by atoms with van der Waals surface area (Å²) >= 11 is 0. The minimum absolute atomic E-state index is 0.0767. The Morgan fingerprint density at radius 3 is 2.39 bits per heavy atom. The minimum Gasteiger partial charge on any atom is -0.354 e. The third-order valence-electron chi connectivity index (χ3n) is 6.43. The normalized spacial score (nSPS) is 20.7. The zero-order valence-corrected chi connectivity index (χ0v) is 17.9. The number of benzene rings is 1. The molecule has 6 nitrogen and oxygen atoms in total. The zero-order chi connectivity index (χ0) is 21.6. The van der Waals surface area contributed by atoms with Crippen LogP contribution in [0.5, 0.6) is 0 Å². The van der Waals surface area contributed by atoms with E-state index < -0.39 is 0 Å². The SMILES string of the molecule is O=C(NC1CCCCCCC1)C1CCCN(c2ccc(=O)n(-c3ccc(F)cc3)n2)C1. The summed E-state index contributed by atoms with van der Waals surface area (Å²) in [6, 6.07) is 9.17. The van der Waals surface area contributed by atoms with Gasteiger partial charge in [-0.3, -0.25) is 9.59 Å². The standard InChI is InChI=1S/C24H31FN4O2/c25-19-10-12-21(13-11-19)29-23(30)15-14-22(27-29)28-16-6-7-18(17-28)24(31)26-20-8-4-2-1-3-5-9-20/h10-15,18,20H,1-9,16-17H2,(H,26,31). The molecule has 1 aromatic carbocycles. The van der Waals surface area contributed by atoms with E-state index in [4.69, 9.17) is 0 Å². The lowest BCUT2D eigenvalue weighted by Crippen LogP contribution is -2.46. The van der Waals surface area contributed by atoms with Gasteiger partial charge in [-0.2, -0.15) is 4.68 Å². The van der Waals surface area contributed by atoms with Crippen LogP contribution in [0.4, 0.5) is 10.2 Å². The van der Waals surface area contributed by atoms with Gasteiger partial charge in [0.1, 0.15) is 11.6 Å². The van der Waals surface area contributed by atoms with E-state index in [1.807, 2.05) is 0 Å². The molecular weight excluding hydrogens is 395 g/mol. The van der Waals surface area contributed by atoms with E-state index >= 15 is 0 Å². The number of carbonyl (C=O) groups is 1. The van der Waals surface area contributed by atoms with Gasteiger partial charge < -0.3 is 10.2 Å². The highest BCUT2D eigenvalue weighted by molar-refractivity contribution is 5.79. The molecule has 4 rings (SSSR count). The van der Waals surface area contributed by atoms with Gasteiger partial charge in [0.15, 0.2) is 0 Å². The van der Waals surface area contributed by atoms with Gasteiger partial charge in [-0.05, 0) is 56.0 Å². The zero-order valence-electron chi connectivity index (χ0n) is 17.9. The predicted molar refractivity (Wildman–Crippen MR) is 119 cm³/mol. The molecule has 1 atom stereocenters. The van der Waals surface area contributed by atoms with Gasteiger partial charge in [-0.25, -0.2) is 4.39 Å². The molecule has 1 saturated carbocycles. The molecule has 1 saturated heterocycles. The largest absolute Gasteiger partial charge is 0.354 e. The van der Waals surface area contributed by atoms with Crippen molar-refractivity contribution in [1.29, 1.82) is 0 Å². The number of carbonyl (C=O) groups excluding carboxylic acids is 1. The van der Waals surface area contributed by atoms with Crippen molar-refractivity contribution in [2.45, 2.75) is 63.8 Å². The Labute approximate surface area is 182 Å². The predicted octanol–water partition coefficient (Wildman–Crippen LogP) is 3.82. The second-order valence-corrected chi connectivity index (χ2v) is 8.75. The van der Waals surface area contributed by atoms with Gasteiger partial charge in [0.25, 0.3) is 5.56 Å². The van der Waals surface area contributed by atoms with E-state index in [1.54, 1.807) is 6.07 Å². The highest BCUT2D eigenvalue weighted by atomic mass is 19.1. The number of nitrogens with zero attached hydrogens (tertiary/aromatic N) is 3.